The fraction of sp³-hybridized carbons (Fsp3) is 0.588. The van der Waals surface area contributed by atoms with Crippen molar-refractivity contribution in [2.24, 2.45) is 5.92 Å². The first-order chi connectivity index (χ1) is 11.1. The second kappa shape index (κ2) is 7.36. The van der Waals surface area contributed by atoms with Crippen LogP contribution < -0.4 is 16.0 Å². The van der Waals surface area contributed by atoms with E-state index in [1.165, 1.54) is 18.9 Å². The lowest BCUT2D eigenvalue weighted by Crippen LogP contribution is -2.51. The summed E-state index contributed by atoms with van der Waals surface area (Å²) in [6.45, 7) is 2.63. The highest BCUT2D eigenvalue weighted by Gasteiger charge is 2.28. The number of carbonyl (C=O) groups excluding carboxylic acids is 1. The molecule has 1 saturated carbocycles. The number of benzene rings is 1. The molecule has 1 aromatic carbocycles. The number of halogens is 2. The van der Waals surface area contributed by atoms with E-state index in [2.05, 4.69) is 16.0 Å². The van der Waals surface area contributed by atoms with Gasteiger partial charge in [0.05, 0.1) is 6.54 Å². The fourth-order valence-corrected chi connectivity index (χ4v) is 3.12. The first-order valence-corrected chi connectivity index (χ1v) is 8.29. The molecule has 0 bridgehead atoms. The molecule has 23 heavy (non-hydrogen) atoms. The number of amides is 1. The molecule has 1 amide bonds. The fourth-order valence-electron chi connectivity index (χ4n) is 3.12. The minimum absolute atomic E-state index is 0.00117. The van der Waals surface area contributed by atoms with Gasteiger partial charge in [-0.05, 0) is 56.0 Å². The number of rotatable bonds is 6. The quantitative estimate of drug-likeness (QED) is 0.744. The molecule has 2 unspecified atom stereocenters. The molecule has 0 aromatic heterocycles. The molecule has 1 aliphatic heterocycles. The lowest BCUT2D eigenvalue weighted by molar-refractivity contribution is -0.121. The summed E-state index contributed by atoms with van der Waals surface area (Å²) in [7, 11) is 0. The van der Waals surface area contributed by atoms with Gasteiger partial charge in [0.2, 0.25) is 5.91 Å². The van der Waals surface area contributed by atoms with E-state index >= 15 is 0 Å². The molecule has 1 aromatic rings. The van der Waals surface area contributed by atoms with Crippen LogP contribution in [-0.4, -0.2) is 38.1 Å². The lowest BCUT2D eigenvalue weighted by Gasteiger charge is -2.33. The molecule has 2 aliphatic rings. The van der Waals surface area contributed by atoms with Gasteiger partial charge in [-0.25, -0.2) is 8.78 Å². The summed E-state index contributed by atoms with van der Waals surface area (Å²) < 4.78 is 26.6. The zero-order valence-electron chi connectivity index (χ0n) is 13.1. The van der Waals surface area contributed by atoms with Crippen LogP contribution in [0.25, 0.3) is 0 Å². The zero-order valence-corrected chi connectivity index (χ0v) is 13.1. The van der Waals surface area contributed by atoms with Gasteiger partial charge in [0.1, 0.15) is 0 Å². The van der Waals surface area contributed by atoms with Crippen LogP contribution in [0.4, 0.5) is 8.78 Å². The van der Waals surface area contributed by atoms with Crippen molar-refractivity contribution >= 4 is 5.91 Å². The van der Waals surface area contributed by atoms with Gasteiger partial charge in [-0.15, -0.1) is 0 Å². The second-order valence-electron chi connectivity index (χ2n) is 6.52. The van der Waals surface area contributed by atoms with Crippen molar-refractivity contribution < 1.29 is 13.6 Å². The molecule has 3 N–H and O–H groups in total. The maximum Gasteiger partial charge on any atom is 0.234 e. The Bertz CT molecular complexity index is 563. The summed E-state index contributed by atoms with van der Waals surface area (Å²) in [5, 5.41) is 9.43. The number of nitrogens with one attached hydrogen (secondary N) is 3. The molecule has 6 heteroatoms. The third-order valence-electron chi connectivity index (χ3n) is 4.62. The predicted molar refractivity (Wildman–Crippen MR) is 84.1 cm³/mol. The average Bonchev–Trinajstić information content (AvgIpc) is 3.35. The van der Waals surface area contributed by atoms with Crippen molar-refractivity contribution in [3.05, 3.63) is 35.4 Å². The SMILES string of the molecule is O=C(CNCC1CC1)NC1CNCCC1c1ccc(F)c(F)c1. The number of carbonyl (C=O) groups is 1. The van der Waals surface area contributed by atoms with Crippen molar-refractivity contribution in [2.75, 3.05) is 26.2 Å². The Labute approximate surface area is 135 Å². The molecule has 1 aliphatic carbocycles. The van der Waals surface area contributed by atoms with Crippen molar-refractivity contribution in [2.45, 2.75) is 31.2 Å². The molecule has 0 radical (unpaired) electrons. The van der Waals surface area contributed by atoms with Crippen LogP contribution in [0.2, 0.25) is 0 Å². The predicted octanol–water partition coefficient (Wildman–Crippen LogP) is 1.53. The van der Waals surface area contributed by atoms with E-state index in [1.54, 1.807) is 6.07 Å². The Kier molecular flexibility index (Phi) is 5.23. The molecule has 3 rings (SSSR count). The second-order valence-corrected chi connectivity index (χ2v) is 6.52. The van der Waals surface area contributed by atoms with Crippen LogP contribution in [0.15, 0.2) is 18.2 Å². The highest BCUT2D eigenvalue weighted by Crippen LogP contribution is 2.28. The molecule has 2 fully saturated rings. The topological polar surface area (TPSA) is 53.2 Å². The first-order valence-electron chi connectivity index (χ1n) is 8.29. The molecule has 126 valence electrons. The Morgan fingerprint density at radius 2 is 2.04 bits per heavy atom. The van der Waals surface area contributed by atoms with Gasteiger partial charge in [-0.1, -0.05) is 6.07 Å². The van der Waals surface area contributed by atoms with Crippen LogP contribution in [0.1, 0.15) is 30.7 Å². The van der Waals surface area contributed by atoms with Crippen molar-refractivity contribution in [1.29, 1.82) is 0 Å². The van der Waals surface area contributed by atoms with Gasteiger partial charge in [0.15, 0.2) is 11.6 Å². The van der Waals surface area contributed by atoms with E-state index < -0.39 is 11.6 Å². The van der Waals surface area contributed by atoms with Crippen LogP contribution >= 0.6 is 0 Å². The summed E-state index contributed by atoms with van der Waals surface area (Å²) in [4.78, 5) is 12.1. The van der Waals surface area contributed by atoms with Gasteiger partial charge in [0.25, 0.3) is 0 Å². The zero-order chi connectivity index (χ0) is 16.2. The molecule has 2 atom stereocenters. The van der Waals surface area contributed by atoms with E-state index in [4.69, 9.17) is 0 Å². The summed E-state index contributed by atoms with van der Waals surface area (Å²) in [6, 6.07) is 3.90. The van der Waals surface area contributed by atoms with Gasteiger partial charge in [0, 0.05) is 18.5 Å². The summed E-state index contributed by atoms with van der Waals surface area (Å²) in [5.74, 6) is -0.996. The van der Waals surface area contributed by atoms with Crippen LogP contribution in [0, 0.1) is 17.6 Å². The largest absolute Gasteiger partial charge is 0.350 e. The van der Waals surface area contributed by atoms with E-state index in [9.17, 15) is 13.6 Å². The van der Waals surface area contributed by atoms with Gasteiger partial charge >= 0.3 is 0 Å². The highest BCUT2D eigenvalue weighted by atomic mass is 19.2. The monoisotopic (exact) mass is 323 g/mol. The summed E-state index contributed by atoms with van der Waals surface area (Å²) in [6.07, 6.45) is 3.28. The molecular formula is C17H23F2N3O. The smallest absolute Gasteiger partial charge is 0.234 e. The van der Waals surface area contributed by atoms with Crippen molar-refractivity contribution in [3.8, 4) is 0 Å². The van der Waals surface area contributed by atoms with E-state index in [1.807, 2.05) is 0 Å². The molecule has 4 nitrogen and oxygen atoms in total. The summed E-state index contributed by atoms with van der Waals surface area (Å²) >= 11 is 0. The van der Waals surface area contributed by atoms with Gasteiger partial charge in [-0.3, -0.25) is 4.79 Å². The van der Waals surface area contributed by atoms with Gasteiger partial charge in [-0.2, -0.15) is 0 Å². The van der Waals surface area contributed by atoms with E-state index in [0.29, 0.717) is 13.1 Å². The van der Waals surface area contributed by atoms with Gasteiger partial charge < -0.3 is 16.0 Å². The van der Waals surface area contributed by atoms with Crippen LogP contribution in [0.3, 0.4) is 0 Å². The minimum Gasteiger partial charge on any atom is -0.350 e. The lowest BCUT2D eigenvalue weighted by atomic mass is 9.86. The first kappa shape index (κ1) is 16.3. The van der Waals surface area contributed by atoms with Crippen LogP contribution in [-0.2, 0) is 4.79 Å². The van der Waals surface area contributed by atoms with Crippen molar-refractivity contribution in [3.63, 3.8) is 0 Å². The number of hydrogen-bond acceptors (Lipinski definition) is 3. The van der Waals surface area contributed by atoms with E-state index in [-0.39, 0.29) is 17.9 Å². The molecule has 1 saturated heterocycles. The highest BCUT2D eigenvalue weighted by molar-refractivity contribution is 5.78. The Morgan fingerprint density at radius 3 is 2.78 bits per heavy atom. The third kappa shape index (κ3) is 4.48. The normalized spacial score (nSPS) is 24.4. The third-order valence-corrected chi connectivity index (χ3v) is 4.62. The number of hydrogen-bond donors (Lipinski definition) is 3. The average molecular weight is 323 g/mol. The van der Waals surface area contributed by atoms with Crippen LogP contribution in [0.5, 0.6) is 0 Å². The standard InChI is InChI=1S/C17H23F2N3O/c18-14-4-3-12(7-15(14)19)13-5-6-20-9-16(13)22-17(23)10-21-8-11-1-2-11/h3-4,7,11,13,16,20-21H,1-2,5-6,8-10H2,(H,22,23). The Balaban J connectivity index is 1.58. The Hall–Kier alpha value is -1.53. The molecule has 0 spiro atoms. The number of piperidine rings is 1. The summed E-state index contributed by atoms with van der Waals surface area (Å²) in [5.41, 5.74) is 0.738. The van der Waals surface area contributed by atoms with Crippen molar-refractivity contribution in [1.82, 2.24) is 16.0 Å². The molecular weight excluding hydrogens is 300 g/mol. The van der Waals surface area contributed by atoms with E-state index in [0.717, 1.165) is 37.1 Å². The Morgan fingerprint density at radius 1 is 1.22 bits per heavy atom. The molecule has 1 heterocycles. The maximum atomic E-state index is 13.5. The maximum absolute atomic E-state index is 13.5. The minimum atomic E-state index is -0.840.